The summed E-state index contributed by atoms with van der Waals surface area (Å²) in [7, 11) is 0. The van der Waals surface area contributed by atoms with Crippen LogP contribution >= 0.6 is 0 Å². The Morgan fingerprint density at radius 3 is 2.80 bits per heavy atom. The molecule has 1 aromatic carbocycles. The number of pyridine rings is 1. The van der Waals surface area contributed by atoms with Gasteiger partial charge in [-0.05, 0) is 74.0 Å². The summed E-state index contributed by atoms with van der Waals surface area (Å²) in [6.45, 7) is 3.99. The molecular weight excluding hydrogens is 315 g/mol. The lowest BCUT2D eigenvalue weighted by Gasteiger charge is -2.38. The zero-order valence-corrected chi connectivity index (χ0v) is 14.5. The van der Waals surface area contributed by atoms with Crippen LogP contribution in [0.25, 0.3) is 0 Å². The van der Waals surface area contributed by atoms with Crippen molar-refractivity contribution in [1.82, 2.24) is 9.88 Å². The molecule has 1 aromatic heterocycles. The smallest absolute Gasteiger partial charge is 0.123 e. The van der Waals surface area contributed by atoms with Crippen LogP contribution in [0.1, 0.15) is 30.5 Å². The number of rotatable bonds is 4. The lowest BCUT2D eigenvalue weighted by Crippen LogP contribution is -2.40. The van der Waals surface area contributed by atoms with Gasteiger partial charge in [0.2, 0.25) is 0 Å². The van der Waals surface area contributed by atoms with Gasteiger partial charge in [-0.3, -0.25) is 9.88 Å². The fourth-order valence-corrected chi connectivity index (χ4v) is 4.21. The second-order valence-electron chi connectivity index (χ2n) is 7.57. The van der Waals surface area contributed by atoms with Gasteiger partial charge in [-0.2, -0.15) is 0 Å². The Morgan fingerprint density at radius 1 is 1.16 bits per heavy atom. The standard InChI is InChI=1S/C21H25FN2O/c22-18-5-3-4-17(12-18)13-20-14-21(16-25-20)7-10-24(11-8-21)15-19-6-1-2-9-23-19/h1-6,9,12,20H,7-8,10-11,13-16H2/t20-/m1/s1. The Kier molecular flexibility index (Phi) is 4.82. The SMILES string of the molecule is Fc1cccc(C[C@@H]2CC3(CCN(Cc4ccccn4)CC3)CO2)c1. The molecule has 0 radical (unpaired) electrons. The van der Waals surface area contributed by atoms with Crippen molar-refractivity contribution >= 4 is 0 Å². The van der Waals surface area contributed by atoms with Crippen molar-refractivity contribution in [2.24, 2.45) is 5.41 Å². The van der Waals surface area contributed by atoms with Gasteiger partial charge in [0.15, 0.2) is 0 Å². The molecule has 0 aliphatic carbocycles. The summed E-state index contributed by atoms with van der Waals surface area (Å²) in [5.41, 5.74) is 2.50. The van der Waals surface area contributed by atoms with E-state index in [-0.39, 0.29) is 11.9 Å². The van der Waals surface area contributed by atoms with Crippen LogP contribution in [0.5, 0.6) is 0 Å². The fraction of sp³-hybridized carbons (Fsp3) is 0.476. The van der Waals surface area contributed by atoms with Crippen molar-refractivity contribution in [2.45, 2.75) is 38.3 Å². The van der Waals surface area contributed by atoms with E-state index in [1.807, 2.05) is 18.3 Å². The third-order valence-electron chi connectivity index (χ3n) is 5.67. The summed E-state index contributed by atoms with van der Waals surface area (Å²) in [6, 6.07) is 13.0. The normalized spacial score (nSPS) is 23.2. The van der Waals surface area contributed by atoms with E-state index in [1.54, 1.807) is 12.1 Å². The first-order valence-corrected chi connectivity index (χ1v) is 9.19. The summed E-state index contributed by atoms with van der Waals surface area (Å²) in [5.74, 6) is -0.159. The molecular formula is C21H25FN2O. The molecule has 0 amide bonds. The molecule has 2 aliphatic rings. The van der Waals surface area contributed by atoms with Gasteiger partial charge in [0.05, 0.1) is 18.4 Å². The Balaban J connectivity index is 1.30. The first kappa shape index (κ1) is 16.7. The monoisotopic (exact) mass is 340 g/mol. The van der Waals surface area contributed by atoms with Crippen LogP contribution in [0, 0.1) is 11.2 Å². The Bertz CT molecular complexity index is 698. The average molecular weight is 340 g/mol. The zero-order valence-electron chi connectivity index (χ0n) is 14.5. The van der Waals surface area contributed by atoms with Crippen molar-refractivity contribution in [3.8, 4) is 0 Å². The first-order chi connectivity index (χ1) is 12.2. The molecule has 0 unspecified atom stereocenters. The summed E-state index contributed by atoms with van der Waals surface area (Å²) in [5, 5.41) is 0. The van der Waals surface area contributed by atoms with E-state index in [0.29, 0.717) is 5.41 Å². The van der Waals surface area contributed by atoms with E-state index in [9.17, 15) is 4.39 Å². The van der Waals surface area contributed by atoms with E-state index in [0.717, 1.165) is 50.3 Å². The molecule has 25 heavy (non-hydrogen) atoms. The number of hydrogen-bond acceptors (Lipinski definition) is 3. The predicted molar refractivity (Wildman–Crippen MR) is 95.6 cm³/mol. The van der Waals surface area contributed by atoms with Gasteiger partial charge in [-0.1, -0.05) is 18.2 Å². The molecule has 4 heteroatoms. The Morgan fingerprint density at radius 2 is 2.04 bits per heavy atom. The minimum atomic E-state index is -0.159. The van der Waals surface area contributed by atoms with Gasteiger partial charge in [0.1, 0.15) is 5.82 Å². The van der Waals surface area contributed by atoms with Gasteiger partial charge in [-0.15, -0.1) is 0 Å². The van der Waals surface area contributed by atoms with Crippen LogP contribution in [-0.2, 0) is 17.7 Å². The van der Waals surface area contributed by atoms with E-state index < -0.39 is 0 Å². The van der Waals surface area contributed by atoms with Crippen molar-refractivity contribution in [3.63, 3.8) is 0 Å². The van der Waals surface area contributed by atoms with Crippen LogP contribution < -0.4 is 0 Å². The van der Waals surface area contributed by atoms with Gasteiger partial charge in [0.25, 0.3) is 0 Å². The fourth-order valence-electron chi connectivity index (χ4n) is 4.21. The highest BCUT2D eigenvalue weighted by Gasteiger charge is 2.42. The highest BCUT2D eigenvalue weighted by atomic mass is 19.1. The lowest BCUT2D eigenvalue weighted by atomic mass is 9.76. The molecule has 1 spiro atoms. The zero-order chi connectivity index (χ0) is 17.1. The number of aromatic nitrogens is 1. The van der Waals surface area contributed by atoms with E-state index in [4.69, 9.17) is 4.74 Å². The van der Waals surface area contributed by atoms with Gasteiger partial charge in [0, 0.05) is 12.7 Å². The van der Waals surface area contributed by atoms with Crippen molar-refractivity contribution in [1.29, 1.82) is 0 Å². The number of likely N-dealkylation sites (tertiary alicyclic amines) is 1. The highest BCUT2D eigenvalue weighted by molar-refractivity contribution is 5.17. The number of ether oxygens (including phenoxy) is 1. The minimum absolute atomic E-state index is 0.159. The maximum absolute atomic E-state index is 13.4. The van der Waals surface area contributed by atoms with Gasteiger partial charge < -0.3 is 4.74 Å². The molecule has 0 N–H and O–H groups in total. The van der Waals surface area contributed by atoms with Crippen LogP contribution in [0.3, 0.4) is 0 Å². The second kappa shape index (κ2) is 7.22. The third kappa shape index (κ3) is 4.07. The quantitative estimate of drug-likeness (QED) is 0.846. The topological polar surface area (TPSA) is 25.4 Å². The van der Waals surface area contributed by atoms with Crippen LogP contribution in [-0.4, -0.2) is 35.7 Å². The minimum Gasteiger partial charge on any atom is -0.377 e. The molecule has 2 aromatic rings. The molecule has 1 atom stereocenters. The molecule has 132 valence electrons. The third-order valence-corrected chi connectivity index (χ3v) is 5.67. The van der Waals surface area contributed by atoms with Crippen molar-refractivity contribution in [3.05, 3.63) is 65.7 Å². The first-order valence-electron chi connectivity index (χ1n) is 9.19. The molecule has 2 saturated heterocycles. The molecule has 0 saturated carbocycles. The number of benzene rings is 1. The molecule has 3 heterocycles. The van der Waals surface area contributed by atoms with E-state index >= 15 is 0 Å². The number of piperidine rings is 1. The van der Waals surface area contributed by atoms with Crippen LogP contribution in [0.2, 0.25) is 0 Å². The molecule has 2 aliphatic heterocycles. The maximum atomic E-state index is 13.4. The number of halogens is 1. The largest absolute Gasteiger partial charge is 0.377 e. The highest BCUT2D eigenvalue weighted by Crippen LogP contribution is 2.42. The second-order valence-corrected chi connectivity index (χ2v) is 7.57. The van der Waals surface area contributed by atoms with Crippen LogP contribution in [0.15, 0.2) is 48.7 Å². The number of nitrogens with zero attached hydrogens (tertiary/aromatic N) is 2. The van der Waals surface area contributed by atoms with Crippen LogP contribution in [0.4, 0.5) is 4.39 Å². The summed E-state index contributed by atoms with van der Waals surface area (Å²) in [4.78, 5) is 6.92. The Hall–Kier alpha value is -1.78. The number of hydrogen-bond donors (Lipinski definition) is 0. The van der Waals surface area contributed by atoms with Crippen molar-refractivity contribution < 1.29 is 9.13 Å². The molecule has 4 rings (SSSR count). The summed E-state index contributed by atoms with van der Waals surface area (Å²) < 4.78 is 19.5. The van der Waals surface area contributed by atoms with Gasteiger partial charge >= 0.3 is 0 Å². The van der Waals surface area contributed by atoms with Crippen molar-refractivity contribution in [2.75, 3.05) is 19.7 Å². The van der Waals surface area contributed by atoms with Gasteiger partial charge in [-0.25, -0.2) is 4.39 Å². The summed E-state index contributed by atoms with van der Waals surface area (Å²) in [6.07, 6.45) is 6.36. The molecule has 2 fully saturated rings. The predicted octanol–water partition coefficient (Wildman–Crippen LogP) is 3.83. The van der Waals surface area contributed by atoms with E-state index in [1.165, 1.54) is 18.9 Å². The lowest BCUT2D eigenvalue weighted by molar-refractivity contribution is 0.0628. The molecule has 0 bridgehead atoms. The average Bonchev–Trinajstić information content (AvgIpc) is 3.01. The Labute approximate surface area is 148 Å². The van der Waals surface area contributed by atoms with E-state index in [2.05, 4.69) is 22.0 Å². The summed E-state index contributed by atoms with van der Waals surface area (Å²) >= 11 is 0. The maximum Gasteiger partial charge on any atom is 0.123 e. The molecule has 3 nitrogen and oxygen atoms in total.